The second-order valence-corrected chi connectivity index (χ2v) is 6.36. The molecule has 0 fully saturated rings. The van der Waals surface area contributed by atoms with E-state index < -0.39 is 6.10 Å². The molecular formula is C20H29NO3. The van der Waals surface area contributed by atoms with Gasteiger partial charge in [0.2, 0.25) is 0 Å². The van der Waals surface area contributed by atoms with Crippen LogP contribution >= 0.6 is 0 Å². The van der Waals surface area contributed by atoms with Crippen LogP contribution in [0.4, 0.5) is 0 Å². The third-order valence-electron chi connectivity index (χ3n) is 4.43. The molecule has 24 heavy (non-hydrogen) atoms. The maximum Gasteiger partial charge on any atom is 0.129 e. The molecular weight excluding hydrogens is 302 g/mol. The van der Waals surface area contributed by atoms with E-state index in [0.717, 1.165) is 18.7 Å². The van der Waals surface area contributed by atoms with Crippen molar-refractivity contribution in [2.45, 2.75) is 52.5 Å². The number of ether oxygens (including phenoxy) is 1. The van der Waals surface area contributed by atoms with Gasteiger partial charge in [-0.2, -0.15) is 0 Å². The number of hydrogen-bond acceptors (Lipinski definition) is 4. The first-order chi connectivity index (χ1) is 11.6. The maximum absolute atomic E-state index is 10.3. The lowest BCUT2D eigenvalue weighted by atomic mass is 10.1. The van der Waals surface area contributed by atoms with Gasteiger partial charge in [-0.1, -0.05) is 31.2 Å². The van der Waals surface area contributed by atoms with Crippen molar-refractivity contribution in [1.29, 1.82) is 0 Å². The Morgan fingerprint density at radius 2 is 2.00 bits per heavy atom. The Bertz CT molecular complexity index is 582. The molecule has 1 aromatic carbocycles. The highest BCUT2D eigenvalue weighted by Gasteiger charge is 2.18. The largest absolute Gasteiger partial charge is 0.467 e. The minimum atomic E-state index is -0.516. The highest BCUT2D eigenvalue weighted by molar-refractivity contribution is 5.25. The number of aliphatic hydroxyl groups excluding tert-OH is 1. The normalized spacial score (nSPS) is 14.0. The molecule has 0 spiro atoms. The van der Waals surface area contributed by atoms with Crippen LogP contribution in [0, 0.1) is 6.92 Å². The van der Waals surface area contributed by atoms with E-state index >= 15 is 0 Å². The molecule has 132 valence electrons. The van der Waals surface area contributed by atoms with Gasteiger partial charge >= 0.3 is 0 Å². The van der Waals surface area contributed by atoms with Gasteiger partial charge in [-0.3, -0.25) is 4.90 Å². The van der Waals surface area contributed by atoms with Gasteiger partial charge < -0.3 is 14.3 Å². The Kier molecular flexibility index (Phi) is 7.50. The standard InChI is InChI=1S/C20H29NO3/c1-4-17(3)21(12-18-9-6-5-8-16(18)2)13-19(22)14-23-15-20-10-7-11-24-20/h5-11,17,19,22H,4,12-15H2,1-3H3/t17-,19+/m1/s1. The maximum atomic E-state index is 10.3. The molecule has 0 amide bonds. The highest BCUT2D eigenvalue weighted by Crippen LogP contribution is 2.15. The van der Waals surface area contributed by atoms with Crippen molar-refractivity contribution in [1.82, 2.24) is 4.90 Å². The van der Waals surface area contributed by atoms with E-state index in [9.17, 15) is 5.11 Å². The van der Waals surface area contributed by atoms with Crippen LogP contribution in [0.15, 0.2) is 47.1 Å². The molecule has 4 heteroatoms. The zero-order valence-electron chi connectivity index (χ0n) is 14.9. The van der Waals surface area contributed by atoms with Gasteiger partial charge in [0.1, 0.15) is 12.4 Å². The number of nitrogens with zero attached hydrogens (tertiary/aromatic N) is 1. The van der Waals surface area contributed by atoms with E-state index in [0.29, 0.717) is 25.8 Å². The first-order valence-corrected chi connectivity index (χ1v) is 8.67. The smallest absolute Gasteiger partial charge is 0.129 e. The lowest BCUT2D eigenvalue weighted by Crippen LogP contribution is -2.40. The van der Waals surface area contributed by atoms with E-state index in [4.69, 9.17) is 9.15 Å². The monoisotopic (exact) mass is 331 g/mol. The van der Waals surface area contributed by atoms with E-state index in [-0.39, 0.29) is 0 Å². The fourth-order valence-corrected chi connectivity index (χ4v) is 2.68. The SMILES string of the molecule is CC[C@@H](C)N(Cc1ccccc1C)C[C@H](O)COCc1ccco1. The van der Waals surface area contributed by atoms with Crippen LogP contribution in [0.25, 0.3) is 0 Å². The second-order valence-electron chi connectivity index (χ2n) is 6.36. The molecule has 1 heterocycles. The number of aryl methyl sites for hydroxylation is 1. The van der Waals surface area contributed by atoms with Crippen LogP contribution in [0.2, 0.25) is 0 Å². The Morgan fingerprint density at radius 3 is 2.67 bits per heavy atom. The molecule has 2 aromatic rings. The highest BCUT2D eigenvalue weighted by atomic mass is 16.5. The van der Waals surface area contributed by atoms with Gasteiger partial charge in [-0.05, 0) is 43.5 Å². The van der Waals surface area contributed by atoms with E-state index in [1.807, 2.05) is 12.1 Å². The van der Waals surface area contributed by atoms with Crippen LogP contribution in [-0.4, -0.2) is 35.3 Å². The lowest BCUT2D eigenvalue weighted by Gasteiger charge is -2.31. The predicted octanol–water partition coefficient (Wildman–Crippen LogP) is 3.77. The van der Waals surface area contributed by atoms with Gasteiger partial charge in [0.05, 0.1) is 19.0 Å². The average Bonchev–Trinajstić information content (AvgIpc) is 3.09. The molecule has 0 saturated heterocycles. The Hall–Kier alpha value is -1.62. The van der Waals surface area contributed by atoms with Gasteiger partial charge in [-0.25, -0.2) is 0 Å². The van der Waals surface area contributed by atoms with Gasteiger partial charge in [-0.15, -0.1) is 0 Å². The van der Waals surface area contributed by atoms with Crippen LogP contribution in [0.5, 0.6) is 0 Å². The Morgan fingerprint density at radius 1 is 1.21 bits per heavy atom. The fourth-order valence-electron chi connectivity index (χ4n) is 2.68. The second kappa shape index (κ2) is 9.62. The van der Waals surface area contributed by atoms with Crippen molar-refractivity contribution in [2.24, 2.45) is 0 Å². The van der Waals surface area contributed by atoms with E-state index in [1.54, 1.807) is 6.26 Å². The quantitative estimate of drug-likeness (QED) is 0.720. The van der Waals surface area contributed by atoms with Crippen molar-refractivity contribution < 1.29 is 14.3 Å². The van der Waals surface area contributed by atoms with Crippen LogP contribution in [-0.2, 0) is 17.9 Å². The number of furan rings is 1. The summed E-state index contributed by atoms with van der Waals surface area (Å²) in [6.07, 6.45) is 2.16. The molecule has 0 saturated carbocycles. The number of benzene rings is 1. The summed E-state index contributed by atoms with van der Waals surface area (Å²) in [5.41, 5.74) is 2.59. The topological polar surface area (TPSA) is 45.8 Å². The predicted molar refractivity (Wildman–Crippen MR) is 95.7 cm³/mol. The van der Waals surface area contributed by atoms with Crippen molar-refractivity contribution in [3.05, 3.63) is 59.5 Å². The zero-order chi connectivity index (χ0) is 17.4. The summed E-state index contributed by atoms with van der Waals surface area (Å²) in [4.78, 5) is 2.32. The summed E-state index contributed by atoms with van der Waals surface area (Å²) in [5, 5.41) is 10.3. The summed E-state index contributed by atoms with van der Waals surface area (Å²) in [5.74, 6) is 0.779. The number of rotatable bonds is 10. The molecule has 0 unspecified atom stereocenters. The van der Waals surface area contributed by atoms with E-state index in [2.05, 4.69) is 49.9 Å². The molecule has 2 atom stereocenters. The molecule has 1 aromatic heterocycles. The first kappa shape index (κ1) is 18.7. The van der Waals surface area contributed by atoms with Gasteiger partial charge in [0.25, 0.3) is 0 Å². The summed E-state index contributed by atoms with van der Waals surface area (Å²) in [6.45, 7) is 8.65. The number of aliphatic hydroxyl groups is 1. The van der Waals surface area contributed by atoms with Crippen molar-refractivity contribution in [3.8, 4) is 0 Å². The van der Waals surface area contributed by atoms with Crippen LogP contribution < -0.4 is 0 Å². The van der Waals surface area contributed by atoms with E-state index in [1.165, 1.54) is 11.1 Å². The van der Waals surface area contributed by atoms with Crippen molar-refractivity contribution in [2.75, 3.05) is 13.2 Å². The molecule has 1 N–H and O–H groups in total. The molecule has 2 rings (SSSR count). The van der Waals surface area contributed by atoms with Crippen molar-refractivity contribution in [3.63, 3.8) is 0 Å². The van der Waals surface area contributed by atoms with Crippen LogP contribution in [0.3, 0.4) is 0 Å². The third-order valence-corrected chi connectivity index (χ3v) is 4.43. The Labute approximate surface area is 145 Å². The summed E-state index contributed by atoms with van der Waals surface area (Å²) in [7, 11) is 0. The van der Waals surface area contributed by atoms with Crippen LogP contribution in [0.1, 0.15) is 37.2 Å². The van der Waals surface area contributed by atoms with Gasteiger partial charge in [0.15, 0.2) is 0 Å². The summed E-state index contributed by atoms with van der Waals surface area (Å²) in [6, 6.07) is 12.5. The average molecular weight is 331 g/mol. The van der Waals surface area contributed by atoms with Gasteiger partial charge in [0, 0.05) is 19.1 Å². The fraction of sp³-hybridized carbons (Fsp3) is 0.500. The summed E-state index contributed by atoms with van der Waals surface area (Å²) >= 11 is 0. The molecule has 0 bridgehead atoms. The first-order valence-electron chi connectivity index (χ1n) is 8.67. The third kappa shape index (κ3) is 5.78. The summed E-state index contributed by atoms with van der Waals surface area (Å²) < 4.78 is 10.8. The minimum Gasteiger partial charge on any atom is -0.467 e. The molecule has 0 aliphatic carbocycles. The van der Waals surface area contributed by atoms with Crippen molar-refractivity contribution >= 4 is 0 Å². The molecule has 0 aliphatic rings. The molecule has 4 nitrogen and oxygen atoms in total. The minimum absolute atomic E-state index is 0.307. The molecule has 0 aliphatic heterocycles. The Balaban J connectivity index is 1.86. The zero-order valence-corrected chi connectivity index (χ0v) is 14.9. The molecule has 0 radical (unpaired) electrons. The number of hydrogen-bond donors (Lipinski definition) is 1. The lowest BCUT2D eigenvalue weighted by molar-refractivity contribution is -0.00275.